The number of nitrogens with zero attached hydrogens (tertiary/aromatic N) is 2. The van der Waals surface area contributed by atoms with Gasteiger partial charge in [-0.2, -0.15) is 0 Å². The number of pyridine rings is 1. The van der Waals surface area contributed by atoms with Crippen LogP contribution in [0, 0.1) is 0 Å². The number of anilines is 1. The fraction of sp³-hybridized carbons (Fsp3) is 0.500. The van der Waals surface area contributed by atoms with Gasteiger partial charge >= 0.3 is 0 Å². The molecular formula is C10H12Cl2N2O. The van der Waals surface area contributed by atoms with E-state index in [4.69, 9.17) is 27.9 Å². The van der Waals surface area contributed by atoms with Gasteiger partial charge in [0.25, 0.3) is 0 Å². The fourth-order valence-corrected chi connectivity index (χ4v) is 2.18. The van der Waals surface area contributed by atoms with Gasteiger partial charge in [0, 0.05) is 18.3 Å². The predicted molar refractivity (Wildman–Crippen MR) is 61.9 cm³/mol. The van der Waals surface area contributed by atoms with E-state index in [1.165, 1.54) is 0 Å². The molecular weight excluding hydrogens is 235 g/mol. The molecule has 2 heterocycles. The van der Waals surface area contributed by atoms with Crippen molar-refractivity contribution >= 4 is 28.9 Å². The molecule has 1 fully saturated rings. The van der Waals surface area contributed by atoms with Crippen molar-refractivity contribution in [2.75, 3.05) is 24.7 Å². The average molecular weight is 247 g/mol. The van der Waals surface area contributed by atoms with Crippen LogP contribution in [-0.2, 0) is 4.74 Å². The van der Waals surface area contributed by atoms with Crippen LogP contribution in [-0.4, -0.2) is 30.8 Å². The predicted octanol–water partition coefficient (Wildman–Crippen LogP) is 2.61. The quantitative estimate of drug-likeness (QED) is 0.713. The van der Waals surface area contributed by atoms with Crippen LogP contribution in [0.5, 0.6) is 0 Å². The Hall–Kier alpha value is -0.510. The van der Waals surface area contributed by atoms with E-state index in [0.717, 1.165) is 25.4 Å². The molecule has 1 aromatic heterocycles. The van der Waals surface area contributed by atoms with Crippen LogP contribution in [0.25, 0.3) is 0 Å². The molecule has 1 aliphatic heterocycles. The molecule has 0 spiro atoms. The van der Waals surface area contributed by atoms with E-state index in [0.29, 0.717) is 16.3 Å². The van der Waals surface area contributed by atoms with Gasteiger partial charge in [0.05, 0.1) is 13.2 Å². The van der Waals surface area contributed by atoms with Gasteiger partial charge < -0.3 is 9.64 Å². The van der Waals surface area contributed by atoms with Crippen LogP contribution >= 0.6 is 23.2 Å². The van der Waals surface area contributed by atoms with E-state index in [-0.39, 0.29) is 0 Å². The molecule has 1 saturated heterocycles. The second-order valence-electron chi connectivity index (χ2n) is 3.59. The van der Waals surface area contributed by atoms with Crippen molar-refractivity contribution in [2.24, 2.45) is 0 Å². The molecule has 0 saturated carbocycles. The lowest BCUT2D eigenvalue weighted by atomic mass is 10.2. The number of rotatable bonds is 1. The summed E-state index contributed by atoms with van der Waals surface area (Å²) in [5.41, 5.74) is 1.01. The molecule has 1 aliphatic rings. The van der Waals surface area contributed by atoms with Crippen molar-refractivity contribution in [2.45, 2.75) is 13.0 Å². The summed E-state index contributed by atoms with van der Waals surface area (Å²) < 4.78 is 5.37. The van der Waals surface area contributed by atoms with Crippen LogP contribution in [0.15, 0.2) is 12.1 Å². The first-order chi connectivity index (χ1) is 7.16. The summed E-state index contributed by atoms with van der Waals surface area (Å²) in [5.74, 6) is 0. The van der Waals surface area contributed by atoms with Gasteiger partial charge in [-0.3, -0.25) is 0 Å². The summed E-state index contributed by atoms with van der Waals surface area (Å²) in [7, 11) is 0. The van der Waals surface area contributed by atoms with Gasteiger partial charge in [0.1, 0.15) is 10.3 Å². The standard InChI is InChI=1S/C10H12Cl2N2O/c1-7-6-15-3-2-14(7)8-4-9(11)13-10(12)5-8/h4-5,7H,2-3,6H2,1H3/t7-/m0/s1. The van der Waals surface area contributed by atoms with Crippen LogP contribution < -0.4 is 4.90 Å². The lowest BCUT2D eigenvalue weighted by Crippen LogP contribution is -2.43. The molecule has 82 valence electrons. The maximum atomic E-state index is 5.86. The smallest absolute Gasteiger partial charge is 0.132 e. The molecule has 0 N–H and O–H groups in total. The molecule has 15 heavy (non-hydrogen) atoms. The lowest BCUT2D eigenvalue weighted by Gasteiger charge is -2.35. The minimum atomic E-state index is 0.341. The normalized spacial score (nSPS) is 21.8. The Morgan fingerprint density at radius 1 is 1.40 bits per heavy atom. The van der Waals surface area contributed by atoms with Crippen molar-refractivity contribution in [1.82, 2.24) is 4.98 Å². The second-order valence-corrected chi connectivity index (χ2v) is 4.36. The number of hydrogen-bond acceptors (Lipinski definition) is 3. The van der Waals surface area contributed by atoms with Gasteiger partial charge in [0.2, 0.25) is 0 Å². The number of aromatic nitrogens is 1. The number of morpholine rings is 1. The Kier molecular flexibility index (Phi) is 3.34. The van der Waals surface area contributed by atoms with Crippen molar-refractivity contribution in [3.63, 3.8) is 0 Å². The molecule has 1 atom stereocenters. The highest BCUT2D eigenvalue weighted by molar-refractivity contribution is 6.32. The lowest BCUT2D eigenvalue weighted by molar-refractivity contribution is 0.0989. The van der Waals surface area contributed by atoms with Crippen molar-refractivity contribution in [3.8, 4) is 0 Å². The summed E-state index contributed by atoms with van der Waals surface area (Å²) in [6, 6.07) is 4.00. The maximum absolute atomic E-state index is 5.86. The summed E-state index contributed by atoms with van der Waals surface area (Å²) in [4.78, 5) is 6.15. The second kappa shape index (κ2) is 4.56. The zero-order valence-corrected chi connectivity index (χ0v) is 9.92. The Labute approximate surface area is 98.9 Å². The Bertz CT molecular complexity index is 339. The highest BCUT2D eigenvalue weighted by Crippen LogP contribution is 2.25. The molecule has 2 rings (SSSR count). The number of halogens is 2. The van der Waals surface area contributed by atoms with Crippen LogP contribution in [0.2, 0.25) is 10.3 Å². The highest BCUT2D eigenvalue weighted by atomic mass is 35.5. The third-order valence-electron chi connectivity index (χ3n) is 2.45. The third kappa shape index (κ3) is 2.54. The van der Waals surface area contributed by atoms with E-state index in [2.05, 4.69) is 16.8 Å². The van der Waals surface area contributed by atoms with Gasteiger partial charge in [-0.05, 0) is 19.1 Å². The SMILES string of the molecule is C[C@H]1COCCN1c1cc(Cl)nc(Cl)c1. The summed E-state index contributed by atoms with van der Waals surface area (Å²) in [6.45, 7) is 4.44. The molecule has 1 aromatic rings. The van der Waals surface area contributed by atoms with E-state index in [1.54, 1.807) is 0 Å². The van der Waals surface area contributed by atoms with E-state index < -0.39 is 0 Å². The van der Waals surface area contributed by atoms with Crippen LogP contribution in [0.3, 0.4) is 0 Å². The molecule has 5 heteroatoms. The monoisotopic (exact) mass is 246 g/mol. The van der Waals surface area contributed by atoms with Gasteiger partial charge in [0.15, 0.2) is 0 Å². The van der Waals surface area contributed by atoms with E-state index >= 15 is 0 Å². The van der Waals surface area contributed by atoms with Crippen molar-refractivity contribution < 1.29 is 4.74 Å². The minimum absolute atomic E-state index is 0.341. The van der Waals surface area contributed by atoms with E-state index in [9.17, 15) is 0 Å². The first kappa shape index (κ1) is 11.0. The fourth-order valence-electron chi connectivity index (χ4n) is 1.73. The first-order valence-corrected chi connectivity index (χ1v) is 5.60. The molecule has 0 amide bonds. The van der Waals surface area contributed by atoms with Gasteiger partial charge in [-0.1, -0.05) is 23.2 Å². The topological polar surface area (TPSA) is 25.4 Å². The number of ether oxygens (including phenoxy) is 1. The zero-order valence-electron chi connectivity index (χ0n) is 8.41. The van der Waals surface area contributed by atoms with Crippen LogP contribution in [0.1, 0.15) is 6.92 Å². The summed E-state index contributed by atoms with van der Waals surface area (Å²) in [5, 5.41) is 0.854. The molecule has 0 radical (unpaired) electrons. The third-order valence-corrected chi connectivity index (χ3v) is 2.83. The molecule has 0 unspecified atom stereocenters. The van der Waals surface area contributed by atoms with Gasteiger partial charge in [-0.25, -0.2) is 4.98 Å². The maximum Gasteiger partial charge on any atom is 0.132 e. The molecule has 0 bridgehead atoms. The summed E-state index contributed by atoms with van der Waals surface area (Å²) >= 11 is 11.7. The molecule has 0 aliphatic carbocycles. The van der Waals surface area contributed by atoms with Crippen molar-refractivity contribution in [1.29, 1.82) is 0 Å². The Morgan fingerprint density at radius 2 is 2.07 bits per heavy atom. The van der Waals surface area contributed by atoms with Crippen molar-refractivity contribution in [3.05, 3.63) is 22.4 Å². The zero-order chi connectivity index (χ0) is 10.8. The molecule has 0 aromatic carbocycles. The van der Waals surface area contributed by atoms with Crippen LogP contribution in [0.4, 0.5) is 5.69 Å². The minimum Gasteiger partial charge on any atom is -0.377 e. The van der Waals surface area contributed by atoms with E-state index in [1.807, 2.05) is 12.1 Å². The average Bonchev–Trinajstić information content (AvgIpc) is 2.16. The highest BCUT2D eigenvalue weighted by Gasteiger charge is 2.19. The Balaban J connectivity index is 2.27. The summed E-state index contributed by atoms with van der Waals surface area (Å²) in [6.07, 6.45) is 0. The Morgan fingerprint density at radius 3 is 2.67 bits per heavy atom. The molecule has 3 nitrogen and oxygen atoms in total. The van der Waals surface area contributed by atoms with Gasteiger partial charge in [-0.15, -0.1) is 0 Å². The number of hydrogen-bond donors (Lipinski definition) is 0. The first-order valence-electron chi connectivity index (χ1n) is 4.84. The largest absolute Gasteiger partial charge is 0.377 e.